The number of morpholine rings is 1. The molecule has 0 radical (unpaired) electrons. The molecule has 0 aromatic heterocycles. The lowest BCUT2D eigenvalue weighted by Crippen LogP contribution is -2.49. The van der Waals surface area contributed by atoms with Crippen LogP contribution in [0.5, 0.6) is 0 Å². The number of sulfonamides is 1. The molecule has 186 valence electrons. The number of aliphatic hydroxyl groups is 1. The summed E-state index contributed by atoms with van der Waals surface area (Å²) >= 11 is 0. The maximum absolute atomic E-state index is 13.4. The van der Waals surface area contributed by atoms with Gasteiger partial charge in [-0.3, -0.25) is 0 Å². The topological polar surface area (TPSA) is 90.4 Å². The van der Waals surface area contributed by atoms with Crippen molar-refractivity contribution in [1.29, 1.82) is 0 Å². The SMILES string of the molecule is O=C(N1CC=C(C2=C[C@@H](c3ccc(CO)cc3)N(S(=O)(=O)C(F)(F)F)C2)CC1)N1CCOCC1. The van der Waals surface area contributed by atoms with E-state index in [0.29, 0.717) is 66.8 Å². The number of benzene rings is 1. The standard InChI is InChI=1S/C22H26F3N3O5S/c23-22(24,25)34(31,32)28-14-19(13-20(28)18-3-1-16(15-29)2-4-18)17-5-7-26(8-6-17)21(30)27-9-11-33-12-10-27/h1-5,13,20,29H,6-12,14-15H2/t20-/m0/s1. The molecule has 2 amide bonds. The van der Waals surface area contributed by atoms with Gasteiger partial charge in [0.2, 0.25) is 0 Å². The van der Waals surface area contributed by atoms with Gasteiger partial charge in [0.15, 0.2) is 0 Å². The van der Waals surface area contributed by atoms with Crippen LogP contribution in [0.4, 0.5) is 18.0 Å². The second-order valence-corrected chi connectivity index (χ2v) is 10.2. The molecule has 0 spiro atoms. The first-order valence-corrected chi connectivity index (χ1v) is 12.4. The van der Waals surface area contributed by atoms with Crippen molar-refractivity contribution in [2.24, 2.45) is 0 Å². The van der Waals surface area contributed by atoms with E-state index in [0.717, 1.165) is 5.57 Å². The van der Waals surface area contributed by atoms with Crippen LogP contribution in [-0.2, 0) is 21.4 Å². The number of aliphatic hydroxyl groups excluding tert-OH is 1. The second kappa shape index (κ2) is 9.68. The number of ether oxygens (including phenoxy) is 1. The summed E-state index contributed by atoms with van der Waals surface area (Å²) in [6.45, 7) is 2.04. The summed E-state index contributed by atoms with van der Waals surface area (Å²) in [6, 6.07) is 4.91. The summed E-state index contributed by atoms with van der Waals surface area (Å²) < 4.78 is 70.7. The molecule has 8 nitrogen and oxygen atoms in total. The smallest absolute Gasteiger partial charge is 0.392 e. The summed E-state index contributed by atoms with van der Waals surface area (Å²) in [6.07, 6.45) is 3.74. The lowest BCUT2D eigenvalue weighted by Gasteiger charge is -2.34. The van der Waals surface area contributed by atoms with E-state index < -0.39 is 28.1 Å². The Labute approximate surface area is 195 Å². The highest BCUT2D eigenvalue weighted by atomic mass is 32.2. The minimum absolute atomic E-state index is 0.109. The first kappa shape index (κ1) is 24.7. The van der Waals surface area contributed by atoms with Gasteiger partial charge >= 0.3 is 21.6 Å². The Balaban J connectivity index is 1.56. The van der Waals surface area contributed by atoms with Gasteiger partial charge in [0.1, 0.15) is 0 Å². The molecule has 0 saturated carbocycles. The molecule has 3 aliphatic heterocycles. The van der Waals surface area contributed by atoms with Gasteiger partial charge in [-0.05, 0) is 28.7 Å². The Morgan fingerprint density at radius 3 is 2.29 bits per heavy atom. The number of hydrogen-bond donors (Lipinski definition) is 1. The minimum atomic E-state index is -5.58. The van der Waals surface area contributed by atoms with Crippen LogP contribution in [0, 0.1) is 0 Å². The van der Waals surface area contributed by atoms with Crippen molar-refractivity contribution in [3.05, 3.63) is 58.7 Å². The van der Waals surface area contributed by atoms with E-state index in [2.05, 4.69) is 0 Å². The zero-order chi connectivity index (χ0) is 24.5. The number of halogens is 3. The fourth-order valence-corrected chi connectivity index (χ4v) is 5.40. The van der Waals surface area contributed by atoms with E-state index in [1.54, 1.807) is 34.1 Å². The van der Waals surface area contributed by atoms with Gasteiger partial charge in [-0.15, -0.1) is 0 Å². The molecule has 0 unspecified atom stereocenters. The molecule has 0 aliphatic carbocycles. The zero-order valence-corrected chi connectivity index (χ0v) is 19.2. The molecule has 34 heavy (non-hydrogen) atoms. The zero-order valence-electron chi connectivity index (χ0n) is 18.4. The van der Waals surface area contributed by atoms with Crippen molar-refractivity contribution in [3.8, 4) is 0 Å². The number of urea groups is 1. The van der Waals surface area contributed by atoms with Crippen molar-refractivity contribution < 1.29 is 36.2 Å². The highest BCUT2D eigenvalue weighted by Crippen LogP contribution is 2.41. The molecular formula is C22H26F3N3O5S. The van der Waals surface area contributed by atoms with Crippen LogP contribution in [0.2, 0.25) is 0 Å². The van der Waals surface area contributed by atoms with Gasteiger partial charge in [0.25, 0.3) is 0 Å². The van der Waals surface area contributed by atoms with Crippen molar-refractivity contribution in [3.63, 3.8) is 0 Å². The first-order valence-electron chi connectivity index (χ1n) is 10.9. The summed E-state index contributed by atoms with van der Waals surface area (Å²) in [5.74, 6) is 0. The van der Waals surface area contributed by atoms with Crippen molar-refractivity contribution >= 4 is 16.1 Å². The molecule has 1 N–H and O–H groups in total. The third-order valence-electron chi connectivity index (χ3n) is 6.27. The number of alkyl halides is 3. The van der Waals surface area contributed by atoms with Crippen LogP contribution in [0.25, 0.3) is 0 Å². The number of amides is 2. The lowest BCUT2D eigenvalue weighted by atomic mass is 9.98. The summed E-state index contributed by atoms with van der Waals surface area (Å²) in [4.78, 5) is 16.1. The number of carbonyl (C=O) groups is 1. The molecule has 0 bridgehead atoms. The van der Waals surface area contributed by atoms with E-state index in [4.69, 9.17) is 4.74 Å². The van der Waals surface area contributed by atoms with E-state index in [-0.39, 0.29) is 12.6 Å². The summed E-state index contributed by atoms with van der Waals surface area (Å²) in [7, 11) is -5.58. The highest BCUT2D eigenvalue weighted by Gasteiger charge is 2.53. The molecule has 1 aromatic carbocycles. The predicted molar refractivity (Wildman–Crippen MR) is 117 cm³/mol. The van der Waals surface area contributed by atoms with E-state index in [1.807, 2.05) is 0 Å². The number of hydrogen-bond acceptors (Lipinski definition) is 5. The monoisotopic (exact) mass is 501 g/mol. The molecule has 3 aliphatic rings. The van der Waals surface area contributed by atoms with Crippen LogP contribution < -0.4 is 0 Å². The van der Waals surface area contributed by atoms with Crippen LogP contribution in [0.1, 0.15) is 23.6 Å². The Morgan fingerprint density at radius 1 is 1.06 bits per heavy atom. The third kappa shape index (κ3) is 4.85. The Kier molecular flexibility index (Phi) is 7.04. The predicted octanol–water partition coefficient (Wildman–Crippen LogP) is 2.40. The fraction of sp³-hybridized carbons (Fsp3) is 0.500. The second-order valence-electron chi connectivity index (χ2n) is 8.34. The van der Waals surface area contributed by atoms with Gasteiger partial charge in [-0.25, -0.2) is 13.2 Å². The average Bonchev–Trinajstić information content (AvgIpc) is 3.30. The number of rotatable bonds is 4. The lowest BCUT2D eigenvalue weighted by molar-refractivity contribution is -0.0491. The van der Waals surface area contributed by atoms with Crippen LogP contribution in [-0.4, -0.2) is 85.1 Å². The van der Waals surface area contributed by atoms with Crippen molar-refractivity contribution in [1.82, 2.24) is 14.1 Å². The minimum Gasteiger partial charge on any atom is -0.392 e. The molecule has 1 saturated heterocycles. The van der Waals surface area contributed by atoms with Crippen molar-refractivity contribution in [2.75, 3.05) is 45.9 Å². The maximum atomic E-state index is 13.4. The molecule has 3 heterocycles. The molecule has 1 atom stereocenters. The number of nitrogens with zero attached hydrogens (tertiary/aromatic N) is 3. The summed E-state index contributed by atoms with van der Waals surface area (Å²) in [5.41, 5.74) is -3.25. The van der Waals surface area contributed by atoms with E-state index in [9.17, 15) is 31.5 Å². The quantitative estimate of drug-likeness (QED) is 0.685. The van der Waals surface area contributed by atoms with Crippen LogP contribution >= 0.6 is 0 Å². The normalized spacial score (nSPS) is 22.5. The van der Waals surface area contributed by atoms with Gasteiger partial charge in [-0.2, -0.15) is 17.5 Å². The largest absolute Gasteiger partial charge is 0.511 e. The molecular weight excluding hydrogens is 475 g/mol. The third-order valence-corrected chi connectivity index (χ3v) is 7.83. The van der Waals surface area contributed by atoms with Gasteiger partial charge in [0.05, 0.1) is 25.9 Å². The highest BCUT2D eigenvalue weighted by molar-refractivity contribution is 7.90. The molecule has 1 aromatic rings. The van der Waals surface area contributed by atoms with E-state index >= 15 is 0 Å². The van der Waals surface area contributed by atoms with Crippen molar-refractivity contribution in [2.45, 2.75) is 24.6 Å². The van der Waals surface area contributed by atoms with Gasteiger partial charge in [0, 0.05) is 32.7 Å². The Bertz CT molecular complexity index is 1080. The Hall–Kier alpha value is -2.41. The Morgan fingerprint density at radius 2 is 1.74 bits per heavy atom. The fourth-order valence-electron chi connectivity index (χ4n) is 4.34. The molecule has 4 rings (SSSR count). The van der Waals surface area contributed by atoms with E-state index in [1.165, 1.54) is 12.1 Å². The summed E-state index contributed by atoms with van der Waals surface area (Å²) in [5, 5.41) is 9.23. The van der Waals surface area contributed by atoms with Crippen LogP contribution in [0.3, 0.4) is 0 Å². The van der Waals surface area contributed by atoms with Gasteiger partial charge < -0.3 is 19.6 Å². The first-order chi connectivity index (χ1) is 16.1. The van der Waals surface area contributed by atoms with Crippen LogP contribution in [0.15, 0.2) is 47.6 Å². The molecule has 12 heteroatoms. The average molecular weight is 502 g/mol. The van der Waals surface area contributed by atoms with Gasteiger partial charge in [-0.1, -0.05) is 36.4 Å². The number of carbonyl (C=O) groups excluding carboxylic acids is 1. The molecule has 1 fully saturated rings. The maximum Gasteiger partial charge on any atom is 0.511 e.